The van der Waals surface area contributed by atoms with Gasteiger partial charge < -0.3 is 0 Å². The van der Waals surface area contributed by atoms with Gasteiger partial charge in [-0.25, -0.2) is 19.9 Å². The molecule has 0 aliphatic rings. The van der Waals surface area contributed by atoms with Gasteiger partial charge in [0.1, 0.15) is 5.82 Å². The standard InChI is InChI=1S/C26H15N7OS/c1-3-17-6-4-5-7-19(17)22-20(13-28-15(2)30-22)24(34)33-26-32-23-25(35-26)31-21(14-29-23)18-10-8-16(12-27)9-11-18/h1,4-11,13-14H,2H3,(H,29,32,33,34). The summed E-state index contributed by atoms with van der Waals surface area (Å²) in [5.74, 6) is 2.74. The van der Waals surface area contributed by atoms with Crippen LogP contribution in [-0.4, -0.2) is 30.8 Å². The van der Waals surface area contributed by atoms with Gasteiger partial charge in [0.05, 0.1) is 34.8 Å². The number of nitrogens with zero attached hydrogens (tertiary/aromatic N) is 6. The molecule has 5 aromatic rings. The molecular formula is C26H15N7OS. The molecule has 0 aliphatic carbocycles. The minimum Gasteiger partial charge on any atom is -0.298 e. The van der Waals surface area contributed by atoms with Crippen LogP contribution in [0.5, 0.6) is 0 Å². The minimum atomic E-state index is -0.418. The molecule has 0 atom stereocenters. The number of nitriles is 1. The highest BCUT2D eigenvalue weighted by Gasteiger charge is 2.19. The van der Waals surface area contributed by atoms with Crippen molar-refractivity contribution in [2.45, 2.75) is 6.92 Å². The van der Waals surface area contributed by atoms with E-state index in [1.165, 1.54) is 17.5 Å². The number of hydrogen-bond acceptors (Lipinski definition) is 8. The molecule has 0 aliphatic heterocycles. The number of terminal acetylenes is 1. The second-order valence-electron chi connectivity index (χ2n) is 7.42. The average Bonchev–Trinajstić information content (AvgIpc) is 3.30. The van der Waals surface area contributed by atoms with Crippen molar-refractivity contribution in [2.75, 3.05) is 5.32 Å². The maximum atomic E-state index is 13.2. The molecule has 0 saturated heterocycles. The number of carbonyl (C=O) groups excluding carboxylic acids is 1. The molecule has 35 heavy (non-hydrogen) atoms. The first kappa shape index (κ1) is 21.8. The van der Waals surface area contributed by atoms with E-state index in [2.05, 4.69) is 42.2 Å². The van der Waals surface area contributed by atoms with Gasteiger partial charge >= 0.3 is 0 Å². The third-order valence-corrected chi connectivity index (χ3v) is 6.00. The van der Waals surface area contributed by atoms with Gasteiger partial charge in [-0.2, -0.15) is 10.2 Å². The van der Waals surface area contributed by atoms with Crippen molar-refractivity contribution < 1.29 is 4.79 Å². The van der Waals surface area contributed by atoms with Gasteiger partial charge in [-0.05, 0) is 25.1 Å². The largest absolute Gasteiger partial charge is 0.298 e. The number of nitrogens with one attached hydrogen (secondary N) is 1. The number of amides is 1. The molecule has 0 unspecified atom stereocenters. The van der Waals surface area contributed by atoms with Crippen LogP contribution in [0.4, 0.5) is 5.13 Å². The first-order valence-corrected chi connectivity index (χ1v) is 11.2. The lowest BCUT2D eigenvalue weighted by molar-refractivity contribution is 0.102. The zero-order chi connectivity index (χ0) is 24.4. The summed E-state index contributed by atoms with van der Waals surface area (Å²) in [5.41, 5.74) is 4.47. The Hall–Kier alpha value is -4.99. The lowest BCUT2D eigenvalue weighted by Crippen LogP contribution is -2.15. The second-order valence-corrected chi connectivity index (χ2v) is 8.39. The van der Waals surface area contributed by atoms with Gasteiger partial charge in [0.15, 0.2) is 15.6 Å². The van der Waals surface area contributed by atoms with Crippen molar-refractivity contribution in [3.05, 3.63) is 83.4 Å². The molecule has 0 spiro atoms. The number of hydrogen-bond donors (Lipinski definition) is 1. The second kappa shape index (κ2) is 9.10. The highest BCUT2D eigenvalue weighted by Crippen LogP contribution is 2.29. The van der Waals surface area contributed by atoms with Crippen molar-refractivity contribution >= 4 is 32.9 Å². The van der Waals surface area contributed by atoms with Crippen LogP contribution in [0.1, 0.15) is 27.3 Å². The normalized spacial score (nSPS) is 10.5. The fourth-order valence-corrected chi connectivity index (χ4v) is 4.24. The van der Waals surface area contributed by atoms with E-state index < -0.39 is 5.91 Å². The fourth-order valence-electron chi connectivity index (χ4n) is 3.45. The zero-order valence-corrected chi connectivity index (χ0v) is 19.2. The summed E-state index contributed by atoms with van der Waals surface area (Å²) in [6.07, 6.45) is 8.75. The molecule has 5 rings (SSSR count). The van der Waals surface area contributed by atoms with Crippen LogP contribution in [-0.2, 0) is 0 Å². The van der Waals surface area contributed by atoms with Gasteiger partial charge in [-0.3, -0.25) is 10.1 Å². The topological polar surface area (TPSA) is 117 Å². The van der Waals surface area contributed by atoms with Crippen LogP contribution < -0.4 is 5.32 Å². The maximum absolute atomic E-state index is 13.2. The SMILES string of the molecule is C#Cc1ccccc1-c1nc(C)ncc1C(=O)Nc1nc2ncc(-c3ccc(C#N)cc3)nc2s1. The molecule has 0 radical (unpaired) electrons. The predicted molar refractivity (Wildman–Crippen MR) is 133 cm³/mol. The highest BCUT2D eigenvalue weighted by atomic mass is 32.1. The summed E-state index contributed by atoms with van der Waals surface area (Å²) in [7, 11) is 0. The molecule has 3 heterocycles. The quantitative estimate of drug-likeness (QED) is 0.378. The molecule has 0 saturated carbocycles. The molecule has 0 bridgehead atoms. The van der Waals surface area contributed by atoms with Gasteiger partial charge in [-0.1, -0.05) is 47.6 Å². The summed E-state index contributed by atoms with van der Waals surface area (Å²) >= 11 is 1.21. The van der Waals surface area contributed by atoms with Crippen molar-refractivity contribution in [2.24, 2.45) is 0 Å². The van der Waals surface area contributed by atoms with E-state index in [0.717, 1.165) is 5.56 Å². The third kappa shape index (κ3) is 4.32. The molecule has 9 heteroatoms. The zero-order valence-electron chi connectivity index (χ0n) is 18.4. The number of aryl methyl sites for hydroxylation is 1. The molecule has 1 N–H and O–H groups in total. The van der Waals surface area contributed by atoms with Gasteiger partial charge in [0, 0.05) is 22.9 Å². The van der Waals surface area contributed by atoms with Crippen molar-refractivity contribution in [3.63, 3.8) is 0 Å². The Labute approximate surface area is 204 Å². The van der Waals surface area contributed by atoms with Crippen molar-refractivity contribution in [1.82, 2.24) is 24.9 Å². The van der Waals surface area contributed by atoms with Gasteiger partial charge in [-0.15, -0.1) is 6.42 Å². The number of rotatable bonds is 4. The molecule has 0 fully saturated rings. The monoisotopic (exact) mass is 473 g/mol. The van der Waals surface area contributed by atoms with Crippen LogP contribution in [0.25, 0.3) is 33.0 Å². The average molecular weight is 474 g/mol. The summed E-state index contributed by atoms with van der Waals surface area (Å²) < 4.78 is 0. The van der Waals surface area contributed by atoms with Crippen molar-refractivity contribution in [3.8, 4) is 40.9 Å². The Morgan fingerprint density at radius 2 is 1.83 bits per heavy atom. The van der Waals surface area contributed by atoms with E-state index in [-0.39, 0.29) is 5.56 Å². The van der Waals surface area contributed by atoms with Crippen molar-refractivity contribution in [1.29, 1.82) is 5.26 Å². The van der Waals surface area contributed by atoms with Crippen LogP contribution in [0.3, 0.4) is 0 Å². The van der Waals surface area contributed by atoms with Gasteiger partial charge in [0.25, 0.3) is 5.91 Å². The minimum absolute atomic E-state index is 0.275. The number of fused-ring (bicyclic) bond motifs is 1. The lowest BCUT2D eigenvalue weighted by atomic mass is 10.0. The smallest absolute Gasteiger partial charge is 0.261 e. The predicted octanol–water partition coefficient (Wildman–Crippen LogP) is 4.62. The molecule has 1 amide bonds. The molecule has 3 aromatic heterocycles. The first-order chi connectivity index (χ1) is 17.1. The van der Waals surface area contributed by atoms with E-state index in [4.69, 9.17) is 11.7 Å². The molecule has 8 nitrogen and oxygen atoms in total. The Bertz CT molecular complexity index is 1680. The number of aromatic nitrogens is 5. The molecule has 2 aromatic carbocycles. The van der Waals surface area contributed by atoms with Gasteiger partial charge in [0.2, 0.25) is 0 Å². The highest BCUT2D eigenvalue weighted by molar-refractivity contribution is 7.21. The van der Waals surface area contributed by atoms with Crippen LogP contribution >= 0.6 is 11.3 Å². The Morgan fingerprint density at radius 1 is 1.03 bits per heavy atom. The maximum Gasteiger partial charge on any atom is 0.261 e. The van der Waals surface area contributed by atoms with Crippen LogP contribution in [0.15, 0.2) is 60.9 Å². The molecular weight excluding hydrogens is 458 g/mol. The Morgan fingerprint density at radius 3 is 2.60 bits per heavy atom. The summed E-state index contributed by atoms with van der Waals surface area (Å²) in [5, 5.41) is 12.1. The number of thiazole rings is 1. The first-order valence-electron chi connectivity index (χ1n) is 10.4. The van der Waals surface area contributed by atoms with Crippen LogP contribution in [0.2, 0.25) is 0 Å². The van der Waals surface area contributed by atoms with E-state index >= 15 is 0 Å². The fraction of sp³-hybridized carbons (Fsp3) is 0.0385. The van der Waals surface area contributed by atoms with Crippen LogP contribution in [0, 0.1) is 30.6 Å². The molecule has 166 valence electrons. The number of carbonyl (C=O) groups is 1. The Balaban J connectivity index is 1.46. The number of anilines is 1. The Kier molecular flexibility index (Phi) is 5.68. The summed E-state index contributed by atoms with van der Waals surface area (Å²) in [6.45, 7) is 1.75. The van der Waals surface area contributed by atoms with E-state index in [9.17, 15) is 4.79 Å². The third-order valence-electron chi connectivity index (χ3n) is 5.14. The lowest BCUT2D eigenvalue weighted by Gasteiger charge is -2.10. The van der Waals surface area contributed by atoms with E-state index in [0.29, 0.717) is 49.5 Å². The summed E-state index contributed by atoms with van der Waals surface area (Å²) in [4.78, 5) is 35.8. The van der Waals surface area contributed by atoms with E-state index in [1.54, 1.807) is 31.3 Å². The number of benzene rings is 2. The summed E-state index contributed by atoms with van der Waals surface area (Å²) in [6, 6.07) is 16.4. The van der Waals surface area contributed by atoms with E-state index in [1.807, 2.05) is 30.3 Å².